The maximum Gasteiger partial charge on any atom is 0.129 e. The van der Waals surface area contributed by atoms with E-state index in [0.29, 0.717) is 0 Å². The molecule has 0 fully saturated rings. The molecular weight excluding hydrogens is 691 g/mol. The van der Waals surface area contributed by atoms with Gasteiger partial charge in [-0.25, -0.2) is 15.0 Å². The Morgan fingerprint density at radius 3 is 1.23 bits per heavy atom. The average molecular weight is 744 g/mol. The number of fused-ring (bicyclic) bond motifs is 11. The molecular formula is C54H53N3. The average Bonchev–Trinajstić information content (AvgIpc) is 3.52. The minimum Gasteiger partial charge on any atom is -0.219 e. The van der Waals surface area contributed by atoms with Crippen molar-refractivity contribution < 1.29 is 0 Å². The summed E-state index contributed by atoms with van der Waals surface area (Å²) in [5, 5.41) is 10.9. The maximum atomic E-state index is 4.01. The van der Waals surface area contributed by atoms with Crippen LogP contribution in [-0.4, -0.2) is 15.0 Å². The first-order valence-corrected chi connectivity index (χ1v) is 20.0. The van der Waals surface area contributed by atoms with Gasteiger partial charge in [0.1, 0.15) is 17.5 Å². The maximum absolute atomic E-state index is 4.01. The molecule has 8 aromatic carbocycles. The zero-order valence-corrected chi connectivity index (χ0v) is 35.2. The molecule has 0 aliphatic heterocycles. The molecule has 0 saturated carbocycles. The van der Waals surface area contributed by atoms with E-state index in [9.17, 15) is 0 Å². The topological polar surface area (TPSA) is 38.7 Å². The third-order valence-electron chi connectivity index (χ3n) is 10.7. The Balaban J connectivity index is 0.000000124. The van der Waals surface area contributed by atoms with Crippen molar-refractivity contribution >= 4 is 43.1 Å². The monoisotopic (exact) mass is 743 g/mol. The summed E-state index contributed by atoms with van der Waals surface area (Å²) in [5.74, 6) is 2.38. The van der Waals surface area contributed by atoms with Gasteiger partial charge in [0.25, 0.3) is 0 Å². The minimum absolute atomic E-state index is 0.792. The molecule has 9 aromatic rings. The largest absolute Gasteiger partial charge is 0.219 e. The highest BCUT2D eigenvalue weighted by Crippen LogP contribution is 2.41. The van der Waals surface area contributed by atoms with Crippen molar-refractivity contribution in [1.82, 2.24) is 15.0 Å². The summed E-state index contributed by atoms with van der Waals surface area (Å²) in [6.45, 7) is 20.6. The number of nitrogens with zero attached hydrogens (tertiary/aromatic N) is 3. The highest BCUT2D eigenvalue weighted by Gasteiger charge is 2.20. The number of aryl methyl sites for hydroxylation is 10. The highest BCUT2D eigenvalue weighted by molar-refractivity contribution is 6.25. The molecule has 1 heterocycles. The number of aromatic nitrogens is 3. The van der Waals surface area contributed by atoms with E-state index in [0.717, 1.165) is 23.9 Å². The van der Waals surface area contributed by atoms with Gasteiger partial charge in [0.15, 0.2) is 0 Å². The second-order valence-corrected chi connectivity index (χ2v) is 15.9. The second-order valence-electron chi connectivity index (χ2n) is 15.9. The predicted octanol–water partition coefficient (Wildman–Crippen LogP) is 14.2. The summed E-state index contributed by atoms with van der Waals surface area (Å²) in [7, 11) is 0. The Kier molecular flexibility index (Phi) is 11.3. The molecule has 0 amide bonds. The van der Waals surface area contributed by atoms with Gasteiger partial charge in [-0.05, 0) is 141 Å². The van der Waals surface area contributed by atoms with E-state index in [1.165, 1.54) is 104 Å². The second kappa shape index (κ2) is 16.5. The summed E-state index contributed by atoms with van der Waals surface area (Å²) in [5.41, 5.74) is 15.2. The van der Waals surface area contributed by atoms with E-state index < -0.39 is 0 Å². The van der Waals surface area contributed by atoms with E-state index >= 15 is 0 Å². The third-order valence-corrected chi connectivity index (χ3v) is 10.7. The molecule has 0 N–H and O–H groups in total. The molecule has 57 heavy (non-hydrogen) atoms. The lowest BCUT2D eigenvalue weighted by molar-refractivity contribution is 0.875. The molecule has 3 heteroatoms. The highest BCUT2D eigenvalue weighted by atomic mass is 15.0. The van der Waals surface area contributed by atoms with Crippen molar-refractivity contribution in [2.24, 2.45) is 0 Å². The zero-order chi connectivity index (χ0) is 40.4. The fourth-order valence-corrected chi connectivity index (χ4v) is 8.44. The third kappa shape index (κ3) is 8.79. The molecule has 0 atom stereocenters. The Hall–Kier alpha value is -6.19. The van der Waals surface area contributed by atoms with Gasteiger partial charge in [0.2, 0.25) is 0 Å². The molecule has 0 saturated heterocycles. The van der Waals surface area contributed by atoms with Crippen LogP contribution in [0.4, 0.5) is 0 Å². The van der Waals surface area contributed by atoms with Gasteiger partial charge in [0, 0.05) is 0 Å². The van der Waals surface area contributed by atoms with Crippen LogP contribution in [0.15, 0.2) is 127 Å². The van der Waals surface area contributed by atoms with Crippen LogP contribution in [0.2, 0.25) is 0 Å². The van der Waals surface area contributed by atoms with Gasteiger partial charge in [0.05, 0.1) is 0 Å². The molecule has 284 valence electrons. The first kappa shape index (κ1) is 39.1. The number of benzene rings is 8. The summed E-state index contributed by atoms with van der Waals surface area (Å²) >= 11 is 0. The zero-order valence-electron chi connectivity index (χ0n) is 35.2. The first-order chi connectivity index (χ1) is 27.3. The van der Waals surface area contributed by atoms with Crippen molar-refractivity contribution in [2.45, 2.75) is 75.7 Å². The van der Waals surface area contributed by atoms with Gasteiger partial charge in [-0.2, -0.15) is 0 Å². The van der Waals surface area contributed by atoms with Crippen LogP contribution in [-0.2, 0) is 6.42 Å². The van der Waals surface area contributed by atoms with Crippen LogP contribution in [0.25, 0.3) is 54.2 Å². The molecule has 0 radical (unpaired) electrons. The summed E-state index contributed by atoms with van der Waals surface area (Å²) in [6.07, 6.45) is 1.08. The fourth-order valence-electron chi connectivity index (χ4n) is 8.44. The van der Waals surface area contributed by atoms with Crippen LogP contribution in [0.5, 0.6) is 0 Å². The van der Waals surface area contributed by atoms with Crippen LogP contribution >= 0.6 is 0 Å². The molecule has 1 aliphatic carbocycles. The molecule has 1 aliphatic rings. The van der Waals surface area contributed by atoms with Crippen LogP contribution < -0.4 is 0 Å². The number of hydrogen-bond acceptors (Lipinski definition) is 3. The molecule has 0 bridgehead atoms. The summed E-state index contributed by atoms with van der Waals surface area (Å²) in [6, 6.07) is 47.0. The van der Waals surface area contributed by atoms with Gasteiger partial charge in [-0.1, -0.05) is 166 Å². The van der Waals surface area contributed by atoms with Gasteiger partial charge < -0.3 is 0 Å². The van der Waals surface area contributed by atoms with E-state index in [1.807, 2.05) is 20.8 Å². The van der Waals surface area contributed by atoms with Gasteiger partial charge in [-0.3, -0.25) is 0 Å². The van der Waals surface area contributed by atoms with Crippen molar-refractivity contribution in [2.75, 3.05) is 0 Å². The Morgan fingerprint density at radius 1 is 0.316 bits per heavy atom. The molecule has 1 aromatic heterocycles. The quantitative estimate of drug-likeness (QED) is 0.145. The predicted molar refractivity (Wildman–Crippen MR) is 245 cm³/mol. The molecule has 10 rings (SSSR count). The molecule has 0 spiro atoms. The first-order valence-electron chi connectivity index (χ1n) is 20.0. The Labute approximate surface area is 338 Å². The van der Waals surface area contributed by atoms with Crippen LogP contribution in [0.3, 0.4) is 0 Å². The normalized spacial score (nSPS) is 11.3. The van der Waals surface area contributed by atoms with Crippen molar-refractivity contribution in [3.05, 3.63) is 195 Å². The molecule has 3 nitrogen and oxygen atoms in total. The van der Waals surface area contributed by atoms with Crippen molar-refractivity contribution in [3.63, 3.8) is 0 Å². The fraction of sp³-hybridized carbons (Fsp3) is 0.204. The lowest BCUT2D eigenvalue weighted by atomic mass is 9.93. The smallest absolute Gasteiger partial charge is 0.129 e. The lowest BCUT2D eigenvalue weighted by Crippen LogP contribution is -1.97. The van der Waals surface area contributed by atoms with Crippen molar-refractivity contribution in [1.29, 1.82) is 0 Å². The van der Waals surface area contributed by atoms with Crippen LogP contribution in [0.1, 0.15) is 67.5 Å². The number of hydrogen-bond donors (Lipinski definition) is 0. The summed E-state index contributed by atoms with van der Waals surface area (Å²) in [4.78, 5) is 12.0. The van der Waals surface area contributed by atoms with E-state index in [2.05, 4.69) is 191 Å². The van der Waals surface area contributed by atoms with E-state index in [4.69, 9.17) is 0 Å². The van der Waals surface area contributed by atoms with E-state index in [1.54, 1.807) is 0 Å². The van der Waals surface area contributed by atoms with E-state index in [-0.39, 0.29) is 0 Å². The Morgan fingerprint density at radius 2 is 0.719 bits per heavy atom. The Bertz CT molecular complexity index is 2690. The van der Waals surface area contributed by atoms with Gasteiger partial charge in [-0.15, -0.1) is 0 Å². The SMILES string of the molecule is Cc1cc(C)cc(C)c1.Cc1ccc2c(c1)Cc1c-2ccc2cc(C)ccc12.Cc1ccc2c3ccc(C)cc3c3ccccc3c2c1.Cc1nc(C)nc(C)n1. The van der Waals surface area contributed by atoms with Crippen molar-refractivity contribution in [3.8, 4) is 11.1 Å². The molecule has 0 unspecified atom stereocenters. The number of rotatable bonds is 0. The standard InChI is InChI=1S/C20H16.C19H16.C9H12.C6H9N3/c1-13-7-9-17-18-10-8-14(2)12-20(18)16-6-4-3-5-15(16)19(17)11-13;1-12-3-6-16-14(9-12)5-8-18-17-7-4-13(2)10-15(17)11-19(16)18;1-7-4-8(2)6-9(3)5-7;1-4-7-5(2)9-6(3)8-4/h3-12H,1-2H3;3-10H,11H2,1-2H3;4-6H,1-3H3;1-3H3. The summed E-state index contributed by atoms with van der Waals surface area (Å²) < 4.78 is 0. The lowest BCUT2D eigenvalue weighted by Gasteiger charge is -2.11. The minimum atomic E-state index is 0.792. The van der Waals surface area contributed by atoms with Gasteiger partial charge >= 0.3 is 0 Å². The van der Waals surface area contributed by atoms with Crippen LogP contribution in [0, 0.1) is 69.2 Å².